The third kappa shape index (κ3) is 5.17. The number of rotatable bonds is 8. The predicted octanol–water partition coefficient (Wildman–Crippen LogP) is 2.57. The molecule has 21 heavy (non-hydrogen) atoms. The molecule has 1 N–H and O–H groups in total. The maximum Gasteiger partial charge on any atom is 0.130 e. The Morgan fingerprint density at radius 2 is 1.81 bits per heavy atom. The molecule has 0 saturated carbocycles. The van der Waals surface area contributed by atoms with Crippen LogP contribution in [0.25, 0.3) is 0 Å². The van der Waals surface area contributed by atoms with E-state index in [0.29, 0.717) is 6.61 Å². The summed E-state index contributed by atoms with van der Waals surface area (Å²) in [5.41, 5.74) is 3.35. The highest BCUT2D eigenvalue weighted by Gasteiger charge is 1.99. The average molecular weight is 286 g/mol. The normalized spacial score (nSPS) is 10.6. The number of benzene rings is 1. The van der Waals surface area contributed by atoms with Gasteiger partial charge in [0, 0.05) is 19.9 Å². The summed E-state index contributed by atoms with van der Waals surface area (Å²) in [4.78, 5) is 4.39. The third-order valence-electron chi connectivity index (χ3n) is 3.17. The molecule has 2 rings (SSSR count). The first-order chi connectivity index (χ1) is 10.3. The maximum atomic E-state index is 5.74. The number of hydrogen-bond donors (Lipinski definition) is 1. The second kappa shape index (κ2) is 8.39. The van der Waals surface area contributed by atoms with E-state index in [0.717, 1.165) is 31.0 Å². The van der Waals surface area contributed by atoms with Crippen LogP contribution < -0.4 is 10.1 Å². The highest BCUT2D eigenvalue weighted by atomic mass is 16.5. The van der Waals surface area contributed by atoms with Crippen molar-refractivity contribution in [1.29, 1.82) is 0 Å². The van der Waals surface area contributed by atoms with Gasteiger partial charge in [0.15, 0.2) is 0 Å². The second-order valence-corrected chi connectivity index (χ2v) is 4.86. The molecule has 1 heterocycles. The Morgan fingerprint density at radius 3 is 2.43 bits per heavy atom. The molecule has 0 saturated heterocycles. The zero-order valence-electron chi connectivity index (χ0n) is 12.6. The molecule has 0 aliphatic carbocycles. The molecule has 0 aliphatic rings. The summed E-state index contributed by atoms with van der Waals surface area (Å²) in [7, 11) is 3.64. The molecular weight excluding hydrogens is 264 g/mol. The smallest absolute Gasteiger partial charge is 0.130 e. The fourth-order valence-corrected chi connectivity index (χ4v) is 1.98. The van der Waals surface area contributed by atoms with E-state index in [1.165, 1.54) is 11.1 Å². The van der Waals surface area contributed by atoms with Crippen molar-refractivity contribution in [2.45, 2.75) is 19.6 Å². The zero-order chi connectivity index (χ0) is 14.9. The molecule has 0 spiro atoms. The van der Waals surface area contributed by atoms with Gasteiger partial charge in [0.1, 0.15) is 12.4 Å². The fraction of sp³-hybridized carbons (Fsp3) is 0.353. The van der Waals surface area contributed by atoms with Gasteiger partial charge >= 0.3 is 0 Å². The Morgan fingerprint density at radius 1 is 1.05 bits per heavy atom. The lowest BCUT2D eigenvalue weighted by molar-refractivity contribution is 0.202. The zero-order valence-corrected chi connectivity index (χ0v) is 12.6. The van der Waals surface area contributed by atoms with Crippen LogP contribution in [0.4, 0.5) is 0 Å². The predicted molar refractivity (Wildman–Crippen MR) is 83.4 cm³/mol. The minimum atomic E-state index is 0.483. The van der Waals surface area contributed by atoms with Crippen LogP contribution >= 0.6 is 0 Å². The quantitative estimate of drug-likeness (QED) is 0.810. The van der Waals surface area contributed by atoms with E-state index >= 15 is 0 Å². The molecule has 0 fully saturated rings. The molecule has 112 valence electrons. The van der Waals surface area contributed by atoms with Crippen LogP contribution in [-0.2, 0) is 24.3 Å². The SMILES string of the molecule is CNCc1ccc(COc2ccc(CCOC)cc2)nc1. The van der Waals surface area contributed by atoms with Gasteiger partial charge in [-0.3, -0.25) is 4.98 Å². The minimum absolute atomic E-state index is 0.483. The van der Waals surface area contributed by atoms with Gasteiger partial charge in [0.05, 0.1) is 12.3 Å². The number of nitrogens with zero attached hydrogens (tertiary/aromatic N) is 1. The first-order valence-electron chi connectivity index (χ1n) is 7.11. The van der Waals surface area contributed by atoms with Crippen LogP contribution in [0.2, 0.25) is 0 Å². The summed E-state index contributed by atoms with van der Waals surface area (Å²) >= 11 is 0. The van der Waals surface area contributed by atoms with Crippen molar-refractivity contribution in [2.24, 2.45) is 0 Å². The minimum Gasteiger partial charge on any atom is -0.487 e. The topological polar surface area (TPSA) is 43.4 Å². The lowest BCUT2D eigenvalue weighted by Crippen LogP contribution is -2.06. The van der Waals surface area contributed by atoms with E-state index in [1.807, 2.05) is 31.4 Å². The first-order valence-corrected chi connectivity index (χ1v) is 7.11. The van der Waals surface area contributed by atoms with E-state index in [9.17, 15) is 0 Å². The van der Waals surface area contributed by atoms with Crippen molar-refractivity contribution in [2.75, 3.05) is 20.8 Å². The van der Waals surface area contributed by atoms with Crippen molar-refractivity contribution in [3.05, 3.63) is 59.4 Å². The molecule has 4 nitrogen and oxygen atoms in total. The van der Waals surface area contributed by atoms with Gasteiger partial charge in [-0.2, -0.15) is 0 Å². The van der Waals surface area contributed by atoms with Gasteiger partial charge in [0.2, 0.25) is 0 Å². The number of ether oxygens (including phenoxy) is 2. The third-order valence-corrected chi connectivity index (χ3v) is 3.17. The molecule has 1 aromatic carbocycles. The van der Waals surface area contributed by atoms with E-state index < -0.39 is 0 Å². The molecule has 0 bridgehead atoms. The fourth-order valence-electron chi connectivity index (χ4n) is 1.98. The largest absolute Gasteiger partial charge is 0.487 e. The van der Waals surface area contributed by atoms with E-state index in [2.05, 4.69) is 28.5 Å². The lowest BCUT2D eigenvalue weighted by Gasteiger charge is -2.07. The Bertz CT molecular complexity index is 523. The van der Waals surface area contributed by atoms with Crippen molar-refractivity contribution >= 4 is 0 Å². The average Bonchev–Trinajstić information content (AvgIpc) is 2.53. The van der Waals surface area contributed by atoms with Crippen LogP contribution in [0.1, 0.15) is 16.8 Å². The summed E-state index contributed by atoms with van der Waals surface area (Å²) in [6.45, 7) is 2.05. The van der Waals surface area contributed by atoms with Crippen molar-refractivity contribution in [3.8, 4) is 5.75 Å². The van der Waals surface area contributed by atoms with Gasteiger partial charge in [-0.25, -0.2) is 0 Å². The molecule has 2 aromatic rings. The van der Waals surface area contributed by atoms with Crippen LogP contribution in [0.3, 0.4) is 0 Å². The second-order valence-electron chi connectivity index (χ2n) is 4.86. The number of methoxy groups -OCH3 is 1. The van der Waals surface area contributed by atoms with Gasteiger partial charge in [0.25, 0.3) is 0 Å². The maximum absolute atomic E-state index is 5.74. The Hall–Kier alpha value is -1.91. The Labute approximate surface area is 126 Å². The summed E-state index contributed by atoms with van der Waals surface area (Å²) in [6.07, 6.45) is 2.80. The summed E-state index contributed by atoms with van der Waals surface area (Å²) < 4.78 is 10.8. The van der Waals surface area contributed by atoms with E-state index in [4.69, 9.17) is 9.47 Å². The van der Waals surface area contributed by atoms with Gasteiger partial charge in [-0.1, -0.05) is 18.2 Å². The van der Waals surface area contributed by atoms with Crippen LogP contribution in [0, 0.1) is 0 Å². The number of hydrogen-bond acceptors (Lipinski definition) is 4. The van der Waals surface area contributed by atoms with E-state index in [1.54, 1.807) is 7.11 Å². The monoisotopic (exact) mass is 286 g/mol. The summed E-state index contributed by atoms with van der Waals surface area (Å²) in [6, 6.07) is 12.2. The number of nitrogens with one attached hydrogen (secondary N) is 1. The number of aromatic nitrogens is 1. The molecule has 4 heteroatoms. The standard InChI is InChI=1S/C17H22N2O2/c1-18-11-15-3-6-16(19-12-15)13-21-17-7-4-14(5-8-17)9-10-20-2/h3-8,12,18H,9-11,13H2,1-2H3. The van der Waals surface area contributed by atoms with Gasteiger partial charge in [-0.05, 0) is 42.8 Å². The summed E-state index contributed by atoms with van der Waals surface area (Å²) in [5.74, 6) is 0.859. The molecule has 0 aliphatic heterocycles. The van der Waals surface area contributed by atoms with Crippen molar-refractivity contribution in [3.63, 3.8) is 0 Å². The van der Waals surface area contributed by atoms with Crippen LogP contribution in [0.15, 0.2) is 42.6 Å². The van der Waals surface area contributed by atoms with E-state index in [-0.39, 0.29) is 0 Å². The van der Waals surface area contributed by atoms with Crippen molar-refractivity contribution < 1.29 is 9.47 Å². The highest BCUT2D eigenvalue weighted by Crippen LogP contribution is 2.14. The first kappa shape index (κ1) is 15.5. The summed E-state index contributed by atoms with van der Waals surface area (Å²) in [5, 5.41) is 3.10. The van der Waals surface area contributed by atoms with Gasteiger partial charge in [-0.15, -0.1) is 0 Å². The van der Waals surface area contributed by atoms with Crippen LogP contribution in [-0.4, -0.2) is 25.7 Å². The van der Waals surface area contributed by atoms with Crippen molar-refractivity contribution in [1.82, 2.24) is 10.3 Å². The molecule has 1 aromatic heterocycles. The molecule has 0 radical (unpaired) electrons. The Kier molecular flexibility index (Phi) is 6.19. The molecule has 0 unspecified atom stereocenters. The lowest BCUT2D eigenvalue weighted by atomic mass is 10.1. The number of pyridine rings is 1. The Balaban J connectivity index is 1.84. The van der Waals surface area contributed by atoms with Crippen LogP contribution in [0.5, 0.6) is 5.75 Å². The molecular formula is C17H22N2O2. The molecule has 0 atom stereocenters. The van der Waals surface area contributed by atoms with Gasteiger partial charge < -0.3 is 14.8 Å². The molecule has 0 amide bonds. The highest BCUT2D eigenvalue weighted by molar-refractivity contribution is 5.27.